The van der Waals surface area contributed by atoms with E-state index in [9.17, 15) is 4.79 Å². The molecule has 18 heavy (non-hydrogen) atoms. The first-order valence-electron chi connectivity index (χ1n) is 6.46. The van der Waals surface area contributed by atoms with Crippen molar-refractivity contribution in [2.75, 3.05) is 0 Å². The van der Waals surface area contributed by atoms with E-state index in [-0.39, 0.29) is 11.8 Å². The minimum atomic E-state index is 0.147. The first-order valence-corrected chi connectivity index (χ1v) is 6.46. The number of aryl methyl sites for hydroxylation is 1. The summed E-state index contributed by atoms with van der Waals surface area (Å²) in [6.07, 6.45) is 4.64. The maximum absolute atomic E-state index is 11.8. The fourth-order valence-corrected chi connectivity index (χ4v) is 2.73. The summed E-state index contributed by atoms with van der Waals surface area (Å²) in [6, 6.07) is 6.08. The second-order valence-electron chi connectivity index (χ2n) is 4.98. The highest BCUT2D eigenvalue weighted by molar-refractivity contribution is 5.98. The number of fused-ring (bicyclic) bond motifs is 1. The van der Waals surface area contributed by atoms with Gasteiger partial charge in [0.15, 0.2) is 5.78 Å². The Bertz CT molecular complexity index is 591. The SMILES string of the molecule is Cc1ccc(C(C)n2ccc3c2CCCC3=O)o1. The number of Topliss-reactive ketones (excluding diaryl/α,β-unsaturated/α-hetero) is 1. The van der Waals surface area contributed by atoms with Gasteiger partial charge in [0.1, 0.15) is 11.5 Å². The first-order chi connectivity index (χ1) is 8.66. The Labute approximate surface area is 106 Å². The summed E-state index contributed by atoms with van der Waals surface area (Å²) in [7, 11) is 0. The van der Waals surface area contributed by atoms with Crippen LogP contribution in [0, 0.1) is 6.92 Å². The number of rotatable bonds is 2. The van der Waals surface area contributed by atoms with Crippen molar-refractivity contribution in [3.63, 3.8) is 0 Å². The summed E-state index contributed by atoms with van der Waals surface area (Å²) in [5.74, 6) is 2.15. The van der Waals surface area contributed by atoms with E-state index in [0.29, 0.717) is 6.42 Å². The van der Waals surface area contributed by atoms with Gasteiger partial charge in [0, 0.05) is 23.9 Å². The van der Waals surface area contributed by atoms with Gasteiger partial charge in [-0.05, 0) is 44.9 Å². The third-order valence-corrected chi connectivity index (χ3v) is 3.73. The van der Waals surface area contributed by atoms with Crippen LogP contribution >= 0.6 is 0 Å². The van der Waals surface area contributed by atoms with Crippen LogP contribution in [-0.2, 0) is 6.42 Å². The Morgan fingerprint density at radius 2 is 2.11 bits per heavy atom. The Hall–Kier alpha value is -1.77. The van der Waals surface area contributed by atoms with Crippen molar-refractivity contribution in [1.82, 2.24) is 4.57 Å². The van der Waals surface area contributed by atoms with Crippen LogP contribution in [0.25, 0.3) is 0 Å². The molecule has 0 bridgehead atoms. The molecule has 2 heterocycles. The smallest absolute Gasteiger partial charge is 0.164 e. The summed E-state index contributed by atoms with van der Waals surface area (Å²) < 4.78 is 7.85. The molecule has 3 nitrogen and oxygen atoms in total. The molecule has 0 aromatic carbocycles. The van der Waals surface area contributed by atoms with Gasteiger partial charge < -0.3 is 8.98 Å². The van der Waals surface area contributed by atoms with Crippen molar-refractivity contribution in [2.45, 2.75) is 39.2 Å². The number of aromatic nitrogens is 1. The third kappa shape index (κ3) is 1.70. The van der Waals surface area contributed by atoms with Gasteiger partial charge in [-0.15, -0.1) is 0 Å². The van der Waals surface area contributed by atoms with Crippen LogP contribution in [0.5, 0.6) is 0 Å². The van der Waals surface area contributed by atoms with Gasteiger partial charge in [-0.1, -0.05) is 0 Å². The molecule has 0 saturated carbocycles. The van der Waals surface area contributed by atoms with Crippen LogP contribution in [0.1, 0.15) is 53.4 Å². The van der Waals surface area contributed by atoms with Crippen LogP contribution < -0.4 is 0 Å². The second-order valence-corrected chi connectivity index (χ2v) is 4.98. The molecule has 3 rings (SSSR count). The Balaban J connectivity index is 2.00. The zero-order valence-electron chi connectivity index (χ0n) is 10.8. The van der Waals surface area contributed by atoms with Gasteiger partial charge in [0.05, 0.1) is 6.04 Å². The highest BCUT2D eigenvalue weighted by atomic mass is 16.3. The second kappa shape index (κ2) is 4.16. The minimum absolute atomic E-state index is 0.147. The number of hydrogen-bond donors (Lipinski definition) is 0. The van der Waals surface area contributed by atoms with Gasteiger partial charge in [-0.2, -0.15) is 0 Å². The highest BCUT2D eigenvalue weighted by Crippen LogP contribution is 2.28. The molecule has 0 amide bonds. The standard InChI is InChI=1S/C15H17NO2/c1-10-6-7-15(18-10)11(2)16-9-8-12-13(16)4-3-5-14(12)17/h6-9,11H,3-5H2,1-2H3. The van der Waals surface area contributed by atoms with Gasteiger partial charge >= 0.3 is 0 Å². The van der Waals surface area contributed by atoms with Crippen molar-refractivity contribution in [3.05, 3.63) is 47.2 Å². The Kier molecular flexibility index (Phi) is 2.62. The summed E-state index contributed by atoms with van der Waals surface area (Å²) >= 11 is 0. The van der Waals surface area contributed by atoms with E-state index in [2.05, 4.69) is 11.5 Å². The molecular weight excluding hydrogens is 226 g/mol. The topological polar surface area (TPSA) is 35.1 Å². The van der Waals surface area contributed by atoms with Crippen molar-refractivity contribution in [1.29, 1.82) is 0 Å². The maximum Gasteiger partial charge on any atom is 0.164 e. The number of ketones is 1. The summed E-state index contributed by atoms with van der Waals surface area (Å²) in [5, 5.41) is 0. The van der Waals surface area contributed by atoms with E-state index in [1.807, 2.05) is 31.3 Å². The zero-order valence-corrected chi connectivity index (χ0v) is 10.8. The lowest BCUT2D eigenvalue weighted by Gasteiger charge is -2.19. The first kappa shape index (κ1) is 11.3. The molecule has 2 aromatic rings. The molecule has 0 N–H and O–H groups in total. The van der Waals surface area contributed by atoms with Gasteiger partial charge in [0.2, 0.25) is 0 Å². The predicted octanol–water partition coefficient (Wildman–Crippen LogP) is 3.52. The van der Waals surface area contributed by atoms with Crippen molar-refractivity contribution >= 4 is 5.78 Å². The third-order valence-electron chi connectivity index (χ3n) is 3.73. The fourth-order valence-electron chi connectivity index (χ4n) is 2.73. The lowest BCUT2D eigenvalue weighted by molar-refractivity contribution is 0.0971. The van der Waals surface area contributed by atoms with E-state index < -0.39 is 0 Å². The number of nitrogens with zero attached hydrogens (tertiary/aromatic N) is 1. The number of furan rings is 1. The average Bonchev–Trinajstić information content (AvgIpc) is 2.95. The molecule has 94 valence electrons. The molecular formula is C15H17NO2. The molecule has 0 fully saturated rings. The molecule has 1 atom stereocenters. The van der Waals surface area contributed by atoms with Crippen molar-refractivity contribution in [2.24, 2.45) is 0 Å². The molecule has 3 heteroatoms. The number of hydrogen-bond acceptors (Lipinski definition) is 2. The van der Waals surface area contributed by atoms with Gasteiger partial charge in [0.25, 0.3) is 0 Å². The largest absolute Gasteiger partial charge is 0.464 e. The van der Waals surface area contributed by atoms with Crippen LogP contribution in [-0.4, -0.2) is 10.4 Å². The van der Waals surface area contributed by atoms with E-state index >= 15 is 0 Å². The molecule has 0 spiro atoms. The predicted molar refractivity (Wildman–Crippen MR) is 69.0 cm³/mol. The van der Waals surface area contributed by atoms with Crippen molar-refractivity contribution < 1.29 is 9.21 Å². The number of carbonyl (C=O) groups is 1. The average molecular weight is 243 g/mol. The van der Waals surface area contributed by atoms with E-state index in [1.54, 1.807) is 0 Å². The lowest BCUT2D eigenvalue weighted by Crippen LogP contribution is -2.15. The summed E-state index contributed by atoms with van der Waals surface area (Å²) in [4.78, 5) is 11.8. The molecule has 0 saturated heterocycles. The number of carbonyl (C=O) groups excluding carboxylic acids is 1. The van der Waals surface area contributed by atoms with Crippen molar-refractivity contribution in [3.8, 4) is 0 Å². The molecule has 0 radical (unpaired) electrons. The van der Waals surface area contributed by atoms with Crippen LogP contribution in [0.2, 0.25) is 0 Å². The molecule has 0 aliphatic heterocycles. The highest BCUT2D eigenvalue weighted by Gasteiger charge is 2.23. The lowest BCUT2D eigenvalue weighted by atomic mass is 9.96. The quantitative estimate of drug-likeness (QED) is 0.809. The van der Waals surface area contributed by atoms with E-state index in [4.69, 9.17) is 4.42 Å². The molecule has 2 aromatic heterocycles. The van der Waals surface area contributed by atoms with E-state index in [0.717, 1.165) is 35.6 Å². The molecule has 1 aliphatic carbocycles. The Morgan fingerprint density at radius 1 is 1.28 bits per heavy atom. The fraction of sp³-hybridized carbons (Fsp3) is 0.400. The Morgan fingerprint density at radius 3 is 2.83 bits per heavy atom. The van der Waals surface area contributed by atoms with Gasteiger partial charge in [-0.3, -0.25) is 4.79 Å². The minimum Gasteiger partial charge on any atom is -0.464 e. The van der Waals surface area contributed by atoms with Gasteiger partial charge in [-0.25, -0.2) is 0 Å². The monoisotopic (exact) mass is 243 g/mol. The van der Waals surface area contributed by atoms with Crippen LogP contribution in [0.3, 0.4) is 0 Å². The maximum atomic E-state index is 11.8. The van der Waals surface area contributed by atoms with E-state index in [1.165, 1.54) is 0 Å². The zero-order chi connectivity index (χ0) is 12.7. The van der Waals surface area contributed by atoms with Crippen LogP contribution in [0.4, 0.5) is 0 Å². The molecule has 1 unspecified atom stereocenters. The normalized spacial score (nSPS) is 16.7. The summed E-state index contributed by atoms with van der Waals surface area (Å²) in [6.45, 7) is 4.06. The van der Waals surface area contributed by atoms with Crippen LogP contribution in [0.15, 0.2) is 28.8 Å². The molecule has 1 aliphatic rings. The summed E-state index contributed by atoms with van der Waals surface area (Å²) in [5.41, 5.74) is 2.06.